The third-order valence-corrected chi connectivity index (χ3v) is 3.55. The van der Waals surface area contributed by atoms with Crippen LogP contribution in [0.1, 0.15) is 22.4 Å². The minimum Gasteiger partial charge on any atom is -0.348 e. The first-order valence-electron chi connectivity index (χ1n) is 6.70. The summed E-state index contributed by atoms with van der Waals surface area (Å²) in [5, 5.41) is 3.20. The van der Waals surface area contributed by atoms with Crippen molar-refractivity contribution in [2.24, 2.45) is 0 Å². The predicted octanol–water partition coefficient (Wildman–Crippen LogP) is 2.63. The van der Waals surface area contributed by atoms with E-state index in [1.165, 1.54) is 16.7 Å². The van der Waals surface area contributed by atoms with Crippen LogP contribution in [0.3, 0.4) is 0 Å². The molecule has 0 saturated heterocycles. The Hall–Kier alpha value is -1.87. The second-order valence-corrected chi connectivity index (χ2v) is 5.13. The fourth-order valence-corrected chi connectivity index (χ4v) is 2.68. The highest BCUT2D eigenvalue weighted by Crippen LogP contribution is 2.27. The van der Waals surface area contributed by atoms with Crippen molar-refractivity contribution in [1.82, 2.24) is 10.3 Å². The molecule has 2 aromatic rings. The van der Waals surface area contributed by atoms with Gasteiger partial charge in [-0.05, 0) is 42.8 Å². The smallest absolute Gasteiger partial charge is 0.129 e. The van der Waals surface area contributed by atoms with E-state index < -0.39 is 0 Å². The van der Waals surface area contributed by atoms with Crippen molar-refractivity contribution in [3.05, 3.63) is 58.8 Å². The van der Waals surface area contributed by atoms with Crippen LogP contribution in [0.15, 0.2) is 36.4 Å². The van der Waals surface area contributed by atoms with E-state index in [0.717, 1.165) is 31.1 Å². The zero-order valence-electron chi connectivity index (χ0n) is 11.5. The zero-order chi connectivity index (χ0) is 13.2. The monoisotopic (exact) mass is 253 g/mol. The van der Waals surface area contributed by atoms with Gasteiger partial charge in [-0.15, -0.1) is 0 Å². The summed E-state index contributed by atoms with van der Waals surface area (Å²) in [6.07, 6.45) is 0. The largest absolute Gasteiger partial charge is 0.348 e. The van der Waals surface area contributed by atoms with Crippen LogP contribution in [0, 0.1) is 6.92 Å². The average Bonchev–Trinajstić information content (AvgIpc) is 2.82. The fraction of sp³-hybridized carbons (Fsp3) is 0.312. The quantitative estimate of drug-likeness (QED) is 0.911. The summed E-state index contributed by atoms with van der Waals surface area (Å²) < 4.78 is 0. The van der Waals surface area contributed by atoms with E-state index in [4.69, 9.17) is 0 Å². The maximum atomic E-state index is 4.68. The van der Waals surface area contributed by atoms with Crippen molar-refractivity contribution in [3.63, 3.8) is 0 Å². The lowest BCUT2D eigenvalue weighted by Crippen LogP contribution is -2.17. The Morgan fingerprint density at radius 3 is 2.47 bits per heavy atom. The number of aryl methyl sites for hydroxylation is 1. The lowest BCUT2D eigenvalue weighted by atomic mass is 10.1. The molecule has 0 bridgehead atoms. The van der Waals surface area contributed by atoms with Crippen molar-refractivity contribution in [1.29, 1.82) is 0 Å². The molecule has 0 amide bonds. The summed E-state index contributed by atoms with van der Waals surface area (Å²) in [5.74, 6) is 1.08. The number of nitrogens with one attached hydrogen (secondary N) is 1. The van der Waals surface area contributed by atoms with E-state index in [1.807, 2.05) is 7.05 Å². The second kappa shape index (κ2) is 5.02. The van der Waals surface area contributed by atoms with Crippen LogP contribution in [0.2, 0.25) is 0 Å². The molecule has 1 aliphatic heterocycles. The van der Waals surface area contributed by atoms with E-state index >= 15 is 0 Å². The molecule has 1 aliphatic rings. The van der Waals surface area contributed by atoms with E-state index in [1.54, 1.807) is 0 Å². The van der Waals surface area contributed by atoms with Crippen LogP contribution in [-0.4, -0.2) is 12.0 Å². The number of aromatic nitrogens is 1. The molecule has 3 rings (SSSR count). The highest BCUT2D eigenvalue weighted by atomic mass is 15.2. The first-order valence-corrected chi connectivity index (χ1v) is 6.70. The van der Waals surface area contributed by atoms with Gasteiger partial charge in [0, 0.05) is 25.3 Å². The maximum absolute atomic E-state index is 4.68. The van der Waals surface area contributed by atoms with Crippen molar-refractivity contribution in [2.75, 3.05) is 11.9 Å². The van der Waals surface area contributed by atoms with Gasteiger partial charge in [0.1, 0.15) is 5.82 Å². The molecule has 0 spiro atoms. The summed E-state index contributed by atoms with van der Waals surface area (Å²) in [6, 6.07) is 13.0. The normalized spacial score (nSPS) is 13.7. The average molecular weight is 253 g/mol. The lowest BCUT2D eigenvalue weighted by Gasteiger charge is -2.18. The highest BCUT2D eigenvalue weighted by molar-refractivity contribution is 5.49. The molecule has 0 unspecified atom stereocenters. The second-order valence-electron chi connectivity index (χ2n) is 5.13. The molecule has 0 atom stereocenters. The molecule has 3 nitrogen and oxygen atoms in total. The van der Waals surface area contributed by atoms with E-state index in [-0.39, 0.29) is 0 Å². The lowest BCUT2D eigenvalue weighted by molar-refractivity contribution is 0.803. The molecule has 3 heteroatoms. The van der Waals surface area contributed by atoms with Gasteiger partial charge in [0.15, 0.2) is 0 Å². The van der Waals surface area contributed by atoms with Gasteiger partial charge >= 0.3 is 0 Å². The number of anilines is 1. The fourth-order valence-electron chi connectivity index (χ4n) is 2.68. The third kappa shape index (κ3) is 2.47. The molecule has 19 heavy (non-hydrogen) atoms. The highest BCUT2D eigenvalue weighted by Gasteiger charge is 2.19. The summed E-state index contributed by atoms with van der Waals surface area (Å²) in [6.45, 7) is 4.88. The molecular formula is C16H19N3. The van der Waals surface area contributed by atoms with Gasteiger partial charge in [0.25, 0.3) is 0 Å². The molecule has 0 radical (unpaired) electrons. The van der Waals surface area contributed by atoms with Crippen LogP contribution in [0.4, 0.5) is 5.82 Å². The molecule has 0 fully saturated rings. The number of nitrogens with zero attached hydrogens (tertiary/aromatic N) is 2. The zero-order valence-corrected chi connectivity index (χ0v) is 11.5. The molecular weight excluding hydrogens is 234 g/mol. The van der Waals surface area contributed by atoms with Crippen molar-refractivity contribution in [2.45, 2.75) is 26.6 Å². The van der Waals surface area contributed by atoms with Crippen molar-refractivity contribution >= 4 is 5.82 Å². The summed E-state index contributed by atoms with van der Waals surface area (Å²) >= 11 is 0. The molecule has 2 heterocycles. The van der Waals surface area contributed by atoms with Crippen molar-refractivity contribution < 1.29 is 0 Å². The summed E-state index contributed by atoms with van der Waals surface area (Å²) in [7, 11) is 1.97. The van der Waals surface area contributed by atoms with E-state index in [0.29, 0.717) is 0 Å². The molecule has 1 aromatic carbocycles. The molecule has 1 aromatic heterocycles. The third-order valence-electron chi connectivity index (χ3n) is 3.55. The first-order chi connectivity index (χ1) is 9.26. The Morgan fingerprint density at radius 1 is 1.16 bits per heavy atom. The van der Waals surface area contributed by atoms with Gasteiger partial charge in [-0.2, -0.15) is 0 Å². The maximum Gasteiger partial charge on any atom is 0.129 e. The molecule has 1 N–H and O–H groups in total. The molecule has 0 aliphatic carbocycles. The Kier molecular flexibility index (Phi) is 3.22. The number of benzene rings is 1. The Morgan fingerprint density at radius 2 is 1.84 bits per heavy atom. The van der Waals surface area contributed by atoms with Crippen molar-refractivity contribution in [3.8, 4) is 0 Å². The van der Waals surface area contributed by atoms with Gasteiger partial charge < -0.3 is 10.2 Å². The van der Waals surface area contributed by atoms with Crippen LogP contribution < -0.4 is 10.2 Å². The van der Waals surface area contributed by atoms with Gasteiger partial charge in [-0.3, -0.25) is 0 Å². The number of hydrogen-bond donors (Lipinski definition) is 1. The van der Waals surface area contributed by atoms with Gasteiger partial charge in [-0.1, -0.05) is 24.3 Å². The van der Waals surface area contributed by atoms with Crippen LogP contribution in [-0.2, 0) is 19.6 Å². The SMILES string of the molecule is CNCc1cc(C)nc(N2Cc3ccccc3C2)c1. The number of hydrogen-bond acceptors (Lipinski definition) is 3. The van der Waals surface area contributed by atoms with E-state index in [2.05, 4.69) is 58.5 Å². The molecule has 98 valence electrons. The minimum atomic E-state index is 0.886. The van der Waals surface area contributed by atoms with Gasteiger partial charge in [0.05, 0.1) is 0 Å². The van der Waals surface area contributed by atoms with Crippen LogP contribution in [0.5, 0.6) is 0 Å². The van der Waals surface area contributed by atoms with Gasteiger partial charge in [-0.25, -0.2) is 4.98 Å². The predicted molar refractivity (Wildman–Crippen MR) is 78.1 cm³/mol. The Labute approximate surface area is 114 Å². The number of pyridine rings is 1. The Balaban J connectivity index is 1.88. The number of fused-ring (bicyclic) bond motifs is 1. The topological polar surface area (TPSA) is 28.2 Å². The summed E-state index contributed by atoms with van der Waals surface area (Å²) in [4.78, 5) is 7.02. The van der Waals surface area contributed by atoms with Gasteiger partial charge in [0.2, 0.25) is 0 Å². The van der Waals surface area contributed by atoms with Crippen LogP contribution >= 0.6 is 0 Å². The standard InChI is InChI=1S/C16H19N3/c1-12-7-13(9-17-2)8-16(18-12)19-10-14-5-3-4-6-15(14)11-19/h3-8,17H,9-11H2,1-2H3. The van der Waals surface area contributed by atoms with Crippen LogP contribution in [0.25, 0.3) is 0 Å². The summed E-state index contributed by atoms with van der Waals surface area (Å²) in [5.41, 5.74) is 5.21. The minimum absolute atomic E-state index is 0.886. The molecule has 0 saturated carbocycles. The number of rotatable bonds is 3. The Bertz CT molecular complexity index is 567. The van der Waals surface area contributed by atoms with E-state index in [9.17, 15) is 0 Å². The first kappa shape index (κ1) is 12.2.